The first-order valence-corrected chi connectivity index (χ1v) is 12.0. The molecule has 0 amide bonds. The average Bonchev–Trinajstić information content (AvgIpc) is 3.06. The normalized spacial score (nSPS) is 17.0. The van der Waals surface area contributed by atoms with Gasteiger partial charge in [0.25, 0.3) is 5.01 Å². The van der Waals surface area contributed by atoms with E-state index in [9.17, 15) is 0 Å². The Labute approximate surface area is 219 Å². The number of fused-ring (bicyclic) bond motifs is 1. The number of benzene rings is 2. The molecule has 1 aliphatic carbocycles. The molecule has 0 saturated heterocycles. The minimum absolute atomic E-state index is 0. The smallest absolute Gasteiger partial charge is 0.262 e. The van der Waals surface area contributed by atoms with Crippen molar-refractivity contribution in [3.05, 3.63) is 94.6 Å². The molecule has 0 spiro atoms. The number of nitrogens with zero attached hydrogens (tertiary/aromatic N) is 2. The summed E-state index contributed by atoms with van der Waals surface area (Å²) in [5.74, 6) is 0. The van der Waals surface area contributed by atoms with Crippen LogP contribution in [0.3, 0.4) is 0 Å². The minimum Gasteiger partial charge on any atom is -1.00 e. The lowest BCUT2D eigenvalue weighted by atomic mass is 9.75. The lowest BCUT2D eigenvalue weighted by molar-refractivity contribution is -0.642. The molecule has 0 atom stereocenters. The largest absolute Gasteiger partial charge is 1.00 e. The van der Waals surface area contributed by atoms with Gasteiger partial charge in [-0.05, 0) is 53.2 Å². The first kappa shape index (κ1) is 25.4. The van der Waals surface area contributed by atoms with Crippen molar-refractivity contribution in [2.75, 3.05) is 19.0 Å². The molecule has 4 heteroatoms. The monoisotopic (exact) mass is 568 g/mol. The van der Waals surface area contributed by atoms with E-state index in [1.54, 1.807) is 0 Å². The zero-order valence-corrected chi connectivity index (χ0v) is 23.2. The van der Waals surface area contributed by atoms with Gasteiger partial charge in [0.1, 0.15) is 11.7 Å². The molecular weight excluding hydrogens is 535 g/mol. The Morgan fingerprint density at radius 2 is 1.64 bits per heavy atom. The van der Waals surface area contributed by atoms with Gasteiger partial charge in [0.05, 0.1) is 0 Å². The molecule has 2 nitrogen and oxygen atoms in total. The highest BCUT2D eigenvalue weighted by molar-refractivity contribution is 7.18. The minimum atomic E-state index is 0. The van der Waals surface area contributed by atoms with Crippen LogP contribution >= 0.6 is 11.3 Å². The highest BCUT2D eigenvalue weighted by Crippen LogP contribution is 2.39. The summed E-state index contributed by atoms with van der Waals surface area (Å²) in [5, 5.41) is 1.31. The van der Waals surface area contributed by atoms with Crippen molar-refractivity contribution < 1.29 is 28.5 Å². The molecule has 1 heterocycles. The predicted octanol–water partition coefficient (Wildman–Crippen LogP) is 4.20. The van der Waals surface area contributed by atoms with E-state index in [0.717, 1.165) is 12.8 Å². The third kappa shape index (κ3) is 6.45. The van der Waals surface area contributed by atoms with Crippen LogP contribution in [0, 0.1) is 5.41 Å². The molecule has 2 aromatic carbocycles. The Morgan fingerprint density at radius 3 is 2.33 bits per heavy atom. The highest BCUT2D eigenvalue weighted by atomic mass is 127. The summed E-state index contributed by atoms with van der Waals surface area (Å²) in [6, 6.07) is 17.3. The summed E-state index contributed by atoms with van der Waals surface area (Å²) in [6.07, 6.45) is 15.7. The zero-order valence-electron chi connectivity index (χ0n) is 20.2. The van der Waals surface area contributed by atoms with E-state index in [-0.39, 0.29) is 29.4 Å². The van der Waals surface area contributed by atoms with Crippen LogP contribution in [0.2, 0.25) is 0 Å². The second-order valence-corrected chi connectivity index (χ2v) is 10.7. The number of aryl methyl sites for hydroxylation is 1. The van der Waals surface area contributed by atoms with Crippen LogP contribution in [0.1, 0.15) is 37.3 Å². The van der Waals surface area contributed by atoms with Crippen molar-refractivity contribution in [1.29, 1.82) is 0 Å². The summed E-state index contributed by atoms with van der Waals surface area (Å²) in [4.78, 5) is 2.12. The number of allylic oxidation sites excluding steroid dienone is 6. The van der Waals surface area contributed by atoms with Gasteiger partial charge in [-0.3, -0.25) is 0 Å². The maximum Gasteiger partial charge on any atom is 0.262 e. The van der Waals surface area contributed by atoms with Gasteiger partial charge in [0.15, 0.2) is 0 Å². The Bertz CT molecular complexity index is 1220. The fraction of sp³-hybridized carbons (Fsp3) is 0.276. The predicted molar refractivity (Wildman–Crippen MR) is 141 cm³/mol. The van der Waals surface area contributed by atoms with Crippen LogP contribution in [0.15, 0.2) is 84.0 Å². The van der Waals surface area contributed by atoms with Crippen LogP contribution in [0.5, 0.6) is 0 Å². The number of hydrogen-bond donors (Lipinski definition) is 0. The molecule has 1 aromatic heterocycles. The van der Waals surface area contributed by atoms with E-state index >= 15 is 0 Å². The summed E-state index contributed by atoms with van der Waals surface area (Å²) in [5.41, 5.74) is 6.80. The molecule has 0 fully saturated rings. The van der Waals surface area contributed by atoms with E-state index in [1.165, 1.54) is 37.6 Å². The Hall–Kier alpha value is -2.18. The van der Waals surface area contributed by atoms with Crippen molar-refractivity contribution in [2.24, 2.45) is 12.5 Å². The van der Waals surface area contributed by atoms with Crippen LogP contribution in [0.4, 0.5) is 5.69 Å². The molecular formula is C29H33IN2S. The molecule has 0 N–H and O–H groups in total. The number of rotatable bonds is 5. The fourth-order valence-corrected chi connectivity index (χ4v) is 5.47. The second kappa shape index (κ2) is 10.8. The van der Waals surface area contributed by atoms with Crippen LogP contribution in [-0.4, -0.2) is 14.1 Å². The molecule has 1 aliphatic rings. The molecule has 3 aromatic rings. The van der Waals surface area contributed by atoms with E-state index < -0.39 is 0 Å². The SMILES string of the molecule is CN(C)c1ccc(C=CC=CC2=CC(=Cc3sc4ccccc4[n+]3C)CC(C)(C)C2)cc1.[I-]. The van der Waals surface area contributed by atoms with Gasteiger partial charge in [-0.15, -0.1) is 0 Å². The molecule has 172 valence electrons. The average molecular weight is 569 g/mol. The van der Waals surface area contributed by atoms with Crippen LogP contribution < -0.4 is 33.4 Å². The Balaban J connectivity index is 0.00000306. The van der Waals surface area contributed by atoms with Gasteiger partial charge < -0.3 is 28.9 Å². The molecule has 0 radical (unpaired) electrons. The van der Waals surface area contributed by atoms with Gasteiger partial charge in [0, 0.05) is 31.9 Å². The quantitative estimate of drug-likeness (QED) is 0.255. The van der Waals surface area contributed by atoms with E-state index in [1.807, 2.05) is 11.3 Å². The molecule has 0 saturated carbocycles. The number of thiazole rings is 1. The molecule has 33 heavy (non-hydrogen) atoms. The fourth-order valence-electron chi connectivity index (χ4n) is 4.34. The van der Waals surface area contributed by atoms with Crippen LogP contribution in [0.25, 0.3) is 22.4 Å². The summed E-state index contributed by atoms with van der Waals surface area (Å²) in [7, 11) is 6.30. The van der Waals surface area contributed by atoms with Crippen molar-refractivity contribution in [2.45, 2.75) is 26.7 Å². The van der Waals surface area contributed by atoms with Gasteiger partial charge in [-0.2, -0.15) is 4.57 Å². The number of para-hydroxylation sites is 1. The standard InChI is InChI=1S/C29H33N2S.HI/c1-29(2)20-23(11-7-6-10-22-14-16-25(17-15-22)30(3)4)18-24(21-29)19-28-31(5)26-12-8-9-13-27(26)32-28;/h6-19H,20-21H2,1-5H3;1H/q+1;/p-1. The van der Waals surface area contributed by atoms with E-state index in [0.29, 0.717) is 0 Å². The Morgan fingerprint density at radius 1 is 0.939 bits per heavy atom. The van der Waals surface area contributed by atoms with Crippen molar-refractivity contribution >= 4 is 39.4 Å². The van der Waals surface area contributed by atoms with Crippen molar-refractivity contribution in [1.82, 2.24) is 0 Å². The Kier molecular flexibility index (Phi) is 8.35. The third-order valence-electron chi connectivity index (χ3n) is 5.94. The number of halogens is 1. The van der Waals surface area contributed by atoms with E-state index in [2.05, 4.69) is 129 Å². The van der Waals surface area contributed by atoms with Crippen LogP contribution in [-0.2, 0) is 7.05 Å². The first-order chi connectivity index (χ1) is 15.3. The second-order valence-electron chi connectivity index (χ2n) is 9.63. The molecule has 0 unspecified atom stereocenters. The summed E-state index contributed by atoms with van der Waals surface area (Å²) in [6.45, 7) is 4.74. The zero-order chi connectivity index (χ0) is 22.7. The maximum atomic E-state index is 2.38. The number of hydrogen-bond acceptors (Lipinski definition) is 2. The highest BCUT2D eigenvalue weighted by Gasteiger charge is 2.25. The topological polar surface area (TPSA) is 7.12 Å². The van der Waals surface area contributed by atoms with Gasteiger partial charge >= 0.3 is 0 Å². The summed E-state index contributed by atoms with van der Waals surface area (Å²) < 4.78 is 3.65. The van der Waals surface area contributed by atoms with Gasteiger partial charge in [-0.1, -0.05) is 79.8 Å². The summed E-state index contributed by atoms with van der Waals surface area (Å²) >= 11 is 1.87. The van der Waals surface area contributed by atoms with Crippen molar-refractivity contribution in [3.8, 4) is 0 Å². The lowest BCUT2D eigenvalue weighted by Gasteiger charge is -2.30. The molecule has 0 aliphatic heterocycles. The number of anilines is 1. The molecule has 4 rings (SSSR count). The molecule has 0 bridgehead atoms. The number of aromatic nitrogens is 1. The van der Waals surface area contributed by atoms with Gasteiger partial charge in [0.2, 0.25) is 5.52 Å². The van der Waals surface area contributed by atoms with Crippen molar-refractivity contribution in [3.63, 3.8) is 0 Å². The van der Waals surface area contributed by atoms with E-state index in [4.69, 9.17) is 0 Å². The lowest BCUT2D eigenvalue weighted by Crippen LogP contribution is -3.00. The third-order valence-corrected chi connectivity index (χ3v) is 7.10. The first-order valence-electron chi connectivity index (χ1n) is 11.2. The maximum absolute atomic E-state index is 2.38. The van der Waals surface area contributed by atoms with Gasteiger partial charge in [-0.25, -0.2) is 0 Å².